The number of carbonyl (C=O) groups is 2. The molecule has 1 unspecified atom stereocenters. The summed E-state index contributed by atoms with van der Waals surface area (Å²) < 4.78 is 26.7. The van der Waals surface area contributed by atoms with Crippen LogP contribution in [0.1, 0.15) is 80.5 Å². The van der Waals surface area contributed by atoms with E-state index in [0.717, 1.165) is 47.9 Å². The number of anilines is 1. The Labute approximate surface area is 235 Å². The predicted molar refractivity (Wildman–Crippen MR) is 158 cm³/mol. The third-order valence-corrected chi connectivity index (χ3v) is 8.78. The van der Waals surface area contributed by atoms with Crippen molar-refractivity contribution >= 4 is 27.5 Å². The highest BCUT2D eigenvalue weighted by Gasteiger charge is 2.30. The molecule has 3 rings (SSSR count). The molecule has 1 aliphatic rings. The zero-order chi connectivity index (χ0) is 28.6. The highest BCUT2D eigenvalue weighted by Crippen LogP contribution is 2.23. The molecule has 0 heterocycles. The van der Waals surface area contributed by atoms with Gasteiger partial charge >= 0.3 is 0 Å². The van der Waals surface area contributed by atoms with Crippen molar-refractivity contribution in [1.82, 2.24) is 10.2 Å². The lowest BCUT2D eigenvalue weighted by Gasteiger charge is -2.33. The monoisotopic (exact) mass is 555 g/mol. The molecule has 0 radical (unpaired) electrons. The van der Waals surface area contributed by atoms with Crippen molar-refractivity contribution in [3.05, 3.63) is 64.7 Å². The first kappa shape index (κ1) is 30.7. The summed E-state index contributed by atoms with van der Waals surface area (Å²) in [5.74, 6) is -0.239. The average Bonchev–Trinajstić information content (AvgIpc) is 2.86. The van der Waals surface area contributed by atoms with Gasteiger partial charge in [-0.1, -0.05) is 56.5 Å². The van der Waals surface area contributed by atoms with E-state index in [1.54, 1.807) is 4.90 Å². The second-order valence-corrected chi connectivity index (χ2v) is 12.9. The molecular weight excluding hydrogens is 510 g/mol. The van der Waals surface area contributed by atoms with Crippen molar-refractivity contribution in [2.75, 3.05) is 17.1 Å². The fraction of sp³-hybridized carbons (Fsp3) is 0.548. The van der Waals surface area contributed by atoms with E-state index in [4.69, 9.17) is 0 Å². The third-order valence-electron chi connectivity index (χ3n) is 7.59. The lowest BCUT2D eigenvalue weighted by Crippen LogP contribution is -2.51. The Morgan fingerprint density at radius 2 is 1.64 bits per heavy atom. The van der Waals surface area contributed by atoms with E-state index in [1.807, 2.05) is 70.2 Å². The van der Waals surface area contributed by atoms with Gasteiger partial charge in [-0.25, -0.2) is 8.42 Å². The maximum absolute atomic E-state index is 13.7. The van der Waals surface area contributed by atoms with Crippen molar-refractivity contribution < 1.29 is 18.0 Å². The topological polar surface area (TPSA) is 86.8 Å². The molecule has 8 heteroatoms. The van der Waals surface area contributed by atoms with Crippen LogP contribution in [0.3, 0.4) is 0 Å². The van der Waals surface area contributed by atoms with Gasteiger partial charge in [0, 0.05) is 25.6 Å². The number of rotatable bonds is 12. The molecule has 1 fully saturated rings. The molecule has 1 saturated carbocycles. The smallest absolute Gasteiger partial charge is 0.243 e. The lowest BCUT2D eigenvalue weighted by atomic mass is 9.95. The summed E-state index contributed by atoms with van der Waals surface area (Å²) in [6.45, 7) is 8.36. The average molecular weight is 556 g/mol. The minimum absolute atomic E-state index is 0.0978. The Balaban J connectivity index is 1.78. The molecule has 1 N–H and O–H groups in total. The molecule has 0 spiro atoms. The second kappa shape index (κ2) is 14.0. The first-order chi connectivity index (χ1) is 18.5. The van der Waals surface area contributed by atoms with Gasteiger partial charge in [0.2, 0.25) is 21.8 Å². The molecule has 2 aromatic rings. The molecule has 0 aliphatic heterocycles. The van der Waals surface area contributed by atoms with E-state index >= 15 is 0 Å². The van der Waals surface area contributed by atoms with E-state index in [9.17, 15) is 18.0 Å². The first-order valence-corrected chi connectivity index (χ1v) is 16.0. The summed E-state index contributed by atoms with van der Waals surface area (Å²) >= 11 is 0. The van der Waals surface area contributed by atoms with Crippen LogP contribution in [-0.4, -0.2) is 50.0 Å². The van der Waals surface area contributed by atoms with Crippen LogP contribution < -0.4 is 9.62 Å². The minimum Gasteiger partial charge on any atom is -0.352 e. The maximum atomic E-state index is 13.7. The van der Waals surface area contributed by atoms with Crippen LogP contribution in [0.5, 0.6) is 0 Å². The number of hydrogen-bond donors (Lipinski definition) is 1. The van der Waals surface area contributed by atoms with Crippen LogP contribution in [0.15, 0.2) is 42.5 Å². The molecule has 2 aromatic carbocycles. The summed E-state index contributed by atoms with van der Waals surface area (Å²) in [4.78, 5) is 28.8. The Bertz CT molecular complexity index is 1220. The molecule has 0 saturated heterocycles. The Morgan fingerprint density at radius 1 is 1.00 bits per heavy atom. The highest BCUT2D eigenvalue weighted by molar-refractivity contribution is 7.92. The van der Waals surface area contributed by atoms with Crippen molar-refractivity contribution in [1.29, 1.82) is 0 Å². The number of aryl methyl sites for hydroxylation is 3. The summed E-state index contributed by atoms with van der Waals surface area (Å²) in [5.41, 5.74) is 4.64. The fourth-order valence-electron chi connectivity index (χ4n) is 5.53. The van der Waals surface area contributed by atoms with E-state index < -0.39 is 16.1 Å². The van der Waals surface area contributed by atoms with E-state index in [1.165, 1.54) is 17.0 Å². The van der Waals surface area contributed by atoms with Crippen molar-refractivity contribution in [2.24, 2.45) is 0 Å². The van der Waals surface area contributed by atoms with Gasteiger partial charge in [0.15, 0.2) is 0 Å². The summed E-state index contributed by atoms with van der Waals surface area (Å²) in [6, 6.07) is 13.2. The Morgan fingerprint density at radius 3 is 2.23 bits per heavy atom. The molecule has 0 bridgehead atoms. The number of benzene rings is 2. The number of nitrogens with zero attached hydrogens (tertiary/aromatic N) is 2. The predicted octanol–water partition coefficient (Wildman–Crippen LogP) is 5.41. The van der Waals surface area contributed by atoms with Crippen LogP contribution in [-0.2, 0) is 26.2 Å². The van der Waals surface area contributed by atoms with Crippen LogP contribution in [0.25, 0.3) is 0 Å². The van der Waals surface area contributed by atoms with E-state index in [2.05, 4.69) is 5.32 Å². The number of nitrogens with one attached hydrogen (secondary N) is 1. The second-order valence-electron chi connectivity index (χ2n) is 11.0. The van der Waals surface area contributed by atoms with Gasteiger partial charge in [0.05, 0.1) is 11.9 Å². The Hall–Kier alpha value is -2.87. The number of hydrogen-bond acceptors (Lipinski definition) is 4. The fourth-order valence-corrected chi connectivity index (χ4v) is 6.48. The van der Waals surface area contributed by atoms with Gasteiger partial charge in [-0.2, -0.15) is 0 Å². The normalized spacial score (nSPS) is 15.0. The lowest BCUT2D eigenvalue weighted by molar-refractivity contribution is -0.141. The van der Waals surface area contributed by atoms with Crippen molar-refractivity contribution in [2.45, 2.75) is 97.7 Å². The summed E-state index contributed by atoms with van der Waals surface area (Å²) in [6.07, 6.45) is 7.60. The molecule has 214 valence electrons. The maximum Gasteiger partial charge on any atom is 0.243 e. The third kappa shape index (κ3) is 8.82. The molecule has 1 aliphatic carbocycles. The standard InChI is InChI=1S/C31H45N3O4S/c1-6-29(31(36)32-27-15-8-7-9-16-27)33(22-26-14-11-10-13-25(26)4)30(35)17-12-18-34(39(5,37)38)28-20-23(2)19-24(3)21-28/h10-11,13-14,19-21,27,29H,6-9,12,15-18,22H2,1-5H3,(H,32,36). The molecule has 7 nitrogen and oxygen atoms in total. The van der Waals surface area contributed by atoms with Crippen LogP contribution in [0.2, 0.25) is 0 Å². The van der Waals surface area contributed by atoms with Gasteiger partial charge < -0.3 is 10.2 Å². The number of amides is 2. The number of carbonyl (C=O) groups excluding carboxylic acids is 2. The molecule has 39 heavy (non-hydrogen) atoms. The summed E-state index contributed by atoms with van der Waals surface area (Å²) in [7, 11) is -3.53. The van der Waals surface area contributed by atoms with Gasteiger partial charge in [-0.15, -0.1) is 0 Å². The molecule has 2 amide bonds. The SMILES string of the molecule is CCC(C(=O)NC1CCCCC1)N(Cc1ccccc1C)C(=O)CCCN(c1cc(C)cc(C)c1)S(C)(=O)=O. The molecule has 1 atom stereocenters. The summed E-state index contributed by atoms with van der Waals surface area (Å²) in [5, 5.41) is 3.21. The largest absolute Gasteiger partial charge is 0.352 e. The Kier molecular flexibility index (Phi) is 11.0. The van der Waals surface area contributed by atoms with Gasteiger partial charge in [-0.05, 0) is 80.8 Å². The van der Waals surface area contributed by atoms with Gasteiger partial charge in [-0.3, -0.25) is 13.9 Å². The van der Waals surface area contributed by atoms with Crippen molar-refractivity contribution in [3.63, 3.8) is 0 Å². The van der Waals surface area contributed by atoms with Crippen molar-refractivity contribution in [3.8, 4) is 0 Å². The quantitative estimate of drug-likeness (QED) is 0.379. The zero-order valence-electron chi connectivity index (χ0n) is 24.2. The van der Waals surface area contributed by atoms with E-state index in [0.29, 0.717) is 25.1 Å². The van der Waals surface area contributed by atoms with Gasteiger partial charge in [0.25, 0.3) is 0 Å². The van der Waals surface area contributed by atoms with Crippen LogP contribution in [0, 0.1) is 20.8 Å². The first-order valence-electron chi connectivity index (χ1n) is 14.2. The van der Waals surface area contributed by atoms with Gasteiger partial charge in [0.1, 0.15) is 6.04 Å². The molecular formula is C31H45N3O4S. The zero-order valence-corrected chi connectivity index (χ0v) is 25.0. The van der Waals surface area contributed by atoms with E-state index in [-0.39, 0.29) is 30.8 Å². The van der Waals surface area contributed by atoms with Crippen LogP contribution >= 0.6 is 0 Å². The molecule has 0 aromatic heterocycles. The van der Waals surface area contributed by atoms with Crippen LogP contribution in [0.4, 0.5) is 5.69 Å². The minimum atomic E-state index is -3.53. The highest BCUT2D eigenvalue weighted by atomic mass is 32.2. The number of sulfonamides is 1.